The molecular formula is C30H37N5O5. The third-order valence-electron chi connectivity index (χ3n) is 7.81. The second kappa shape index (κ2) is 12.0. The van der Waals surface area contributed by atoms with Gasteiger partial charge in [-0.3, -0.25) is 19.1 Å². The van der Waals surface area contributed by atoms with Crippen molar-refractivity contribution in [1.82, 2.24) is 25.3 Å². The minimum absolute atomic E-state index is 0.000111. The molecule has 2 aliphatic rings. The maximum Gasteiger partial charge on any atom is 0.289 e. The molecule has 1 atom stereocenters. The zero-order valence-corrected chi connectivity index (χ0v) is 23.2. The van der Waals surface area contributed by atoms with Crippen molar-refractivity contribution in [3.8, 4) is 5.75 Å². The molecule has 212 valence electrons. The molecule has 1 aromatic carbocycles. The molecule has 5 rings (SSSR count). The molecule has 0 aliphatic carbocycles. The number of para-hydroxylation sites is 1. The topological polar surface area (TPSA) is 119 Å². The number of likely N-dealkylation sites (tertiary alicyclic amines) is 1. The number of benzene rings is 1. The van der Waals surface area contributed by atoms with E-state index in [4.69, 9.17) is 9.15 Å². The van der Waals surface area contributed by atoms with Crippen molar-refractivity contribution in [1.29, 1.82) is 0 Å². The van der Waals surface area contributed by atoms with Crippen molar-refractivity contribution in [2.75, 3.05) is 26.2 Å². The van der Waals surface area contributed by atoms with Crippen LogP contribution in [0.5, 0.6) is 5.75 Å². The molecule has 0 saturated carbocycles. The number of aryl methyl sites for hydroxylation is 1. The van der Waals surface area contributed by atoms with Gasteiger partial charge in [-0.25, -0.2) is 0 Å². The Kier molecular flexibility index (Phi) is 8.23. The summed E-state index contributed by atoms with van der Waals surface area (Å²) in [5, 5.41) is 10.4. The molecule has 2 N–H and O–H groups in total. The van der Waals surface area contributed by atoms with E-state index < -0.39 is 5.41 Å². The molecule has 40 heavy (non-hydrogen) atoms. The van der Waals surface area contributed by atoms with E-state index in [0.717, 1.165) is 18.4 Å². The minimum atomic E-state index is -0.580. The van der Waals surface area contributed by atoms with Gasteiger partial charge in [0.25, 0.3) is 11.8 Å². The number of nitrogens with one attached hydrogen (secondary N) is 2. The standard InChI is InChI=1S/C30H37N5O5/c1-21-17-32-35(18-21)19-23-9-10-26(40-23)28(37)34-15-12-30(13-16-34)11-5-6-14-31-27(36)24-7-3-4-8-25(24)39-20-22(2)33-29(30)38/h3-4,7-10,17-18,22H,5-6,11-16,19-20H2,1-2H3,(H,31,36)(H,33,38)/t22-/m1/s1. The largest absolute Gasteiger partial charge is 0.491 e. The van der Waals surface area contributed by atoms with E-state index in [9.17, 15) is 14.4 Å². The van der Waals surface area contributed by atoms with Crippen LogP contribution < -0.4 is 15.4 Å². The Morgan fingerprint density at radius 2 is 1.90 bits per heavy atom. The predicted molar refractivity (Wildman–Crippen MR) is 148 cm³/mol. The SMILES string of the molecule is Cc1cnn(Cc2ccc(C(=O)N3CCC4(CCCCNC(=O)c5ccccc5OC[C@@H](C)NC4=O)CC3)o2)c1. The van der Waals surface area contributed by atoms with E-state index >= 15 is 0 Å². The zero-order chi connectivity index (χ0) is 28.1. The van der Waals surface area contributed by atoms with Gasteiger partial charge in [0.1, 0.15) is 18.1 Å². The lowest BCUT2D eigenvalue weighted by atomic mass is 9.73. The molecule has 4 heterocycles. The van der Waals surface area contributed by atoms with Gasteiger partial charge in [0, 0.05) is 25.8 Å². The highest BCUT2D eigenvalue weighted by Gasteiger charge is 2.42. The molecular weight excluding hydrogens is 510 g/mol. The molecule has 1 saturated heterocycles. The third kappa shape index (κ3) is 6.21. The third-order valence-corrected chi connectivity index (χ3v) is 7.81. The average molecular weight is 548 g/mol. The highest BCUT2D eigenvalue weighted by molar-refractivity contribution is 5.97. The molecule has 10 nitrogen and oxygen atoms in total. The van der Waals surface area contributed by atoms with Crippen LogP contribution in [0.15, 0.2) is 53.2 Å². The van der Waals surface area contributed by atoms with Crippen molar-refractivity contribution in [3.63, 3.8) is 0 Å². The van der Waals surface area contributed by atoms with E-state index in [0.29, 0.717) is 68.3 Å². The van der Waals surface area contributed by atoms with Crippen LogP contribution in [0.4, 0.5) is 0 Å². The van der Waals surface area contributed by atoms with E-state index in [1.807, 2.05) is 32.2 Å². The summed E-state index contributed by atoms with van der Waals surface area (Å²) in [6.45, 7) is 6.03. The van der Waals surface area contributed by atoms with Crippen LogP contribution in [-0.4, -0.2) is 64.7 Å². The molecule has 3 aromatic rings. The quantitative estimate of drug-likeness (QED) is 0.518. The summed E-state index contributed by atoms with van der Waals surface area (Å²) in [5.74, 6) is 1.14. The van der Waals surface area contributed by atoms with Crippen LogP contribution in [0.25, 0.3) is 0 Å². The second-order valence-electron chi connectivity index (χ2n) is 10.9. The molecule has 10 heteroatoms. The van der Waals surface area contributed by atoms with Crippen molar-refractivity contribution in [3.05, 3.63) is 71.4 Å². The maximum atomic E-state index is 13.6. The molecule has 1 fully saturated rings. The monoisotopic (exact) mass is 547 g/mol. The number of ether oxygens (including phenoxy) is 1. The Bertz CT molecular complexity index is 1350. The summed E-state index contributed by atoms with van der Waals surface area (Å²) in [5.41, 5.74) is 0.972. The lowest BCUT2D eigenvalue weighted by Crippen LogP contribution is -2.52. The smallest absolute Gasteiger partial charge is 0.289 e. The Balaban J connectivity index is 1.23. The number of amides is 3. The highest BCUT2D eigenvalue weighted by Crippen LogP contribution is 2.38. The molecule has 1 spiro atoms. The van der Waals surface area contributed by atoms with Gasteiger partial charge in [-0.15, -0.1) is 0 Å². The van der Waals surface area contributed by atoms with E-state index in [-0.39, 0.29) is 30.4 Å². The fourth-order valence-electron chi connectivity index (χ4n) is 5.47. The summed E-state index contributed by atoms with van der Waals surface area (Å²) < 4.78 is 13.6. The second-order valence-corrected chi connectivity index (χ2v) is 10.9. The van der Waals surface area contributed by atoms with Crippen molar-refractivity contribution < 1.29 is 23.5 Å². The lowest BCUT2D eigenvalue weighted by Gasteiger charge is -2.41. The first-order chi connectivity index (χ1) is 19.3. The fourth-order valence-corrected chi connectivity index (χ4v) is 5.47. The van der Waals surface area contributed by atoms with Gasteiger partial charge in [-0.2, -0.15) is 5.10 Å². The summed E-state index contributed by atoms with van der Waals surface area (Å²) in [6, 6.07) is 10.4. The fraction of sp³-hybridized carbons (Fsp3) is 0.467. The molecule has 2 aromatic heterocycles. The van der Waals surface area contributed by atoms with Crippen LogP contribution in [-0.2, 0) is 11.3 Å². The maximum absolute atomic E-state index is 13.6. The van der Waals surface area contributed by atoms with Gasteiger partial charge in [-0.05, 0) is 69.4 Å². The molecule has 3 amide bonds. The Morgan fingerprint density at radius 3 is 2.67 bits per heavy atom. The van der Waals surface area contributed by atoms with Crippen molar-refractivity contribution in [2.24, 2.45) is 5.41 Å². The van der Waals surface area contributed by atoms with E-state index in [1.165, 1.54) is 0 Å². The highest BCUT2D eigenvalue weighted by atomic mass is 16.5. The Morgan fingerprint density at radius 1 is 1.10 bits per heavy atom. The lowest BCUT2D eigenvalue weighted by molar-refractivity contribution is -0.135. The van der Waals surface area contributed by atoms with Crippen LogP contribution in [0.1, 0.15) is 71.3 Å². The number of carbonyl (C=O) groups excluding carboxylic acids is 3. The summed E-state index contributed by atoms with van der Waals surface area (Å²) in [7, 11) is 0. The van der Waals surface area contributed by atoms with E-state index in [1.54, 1.807) is 40.0 Å². The van der Waals surface area contributed by atoms with Gasteiger partial charge in [-0.1, -0.05) is 18.6 Å². The summed E-state index contributed by atoms with van der Waals surface area (Å²) in [4.78, 5) is 41.3. The first-order valence-corrected chi connectivity index (χ1v) is 14.0. The first kappa shape index (κ1) is 27.5. The first-order valence-electron chi connectivity index (χ1n) is 14.0. The number of fused-ring (bicyclic) bond motifs is 1. The number of carbonyl (C=O) groups is 3. The van der Waals surface area contributed by atoms with Gasteiger partial charge in [0.15, 0.2) is 5.76 Å². The number of hydrogen-bond acceptors (Lipinski definition) is 6. The van der Waals surface area contributed by atoms with Gasteiger partial charge in [0.05, 0.1) is 29.8 Å². The number of nitrogens with zero attached hydrogens (tertiary/aromatic N) is 3. The van der Waals surface area contributed by atoms with Crippen LogP contribution in [0.2, 0.25) is 0 Å². The zero-order valence-electron chi connectivity index (χ0n) is 23.2. The van der Waals surface area contributed by atoms with Gasteiger partial charge >= 0.3 is 0 Å². The summed E-state index contributed by atoms with van der Waals surface area (Å²) >= 11 is 0. The number of aromatic nitrogens is 2. The summed E-state index contributed by atoms with van der Waals surface area (Å²) in [6.07, 6.45) is 7.07. The number of piperidine rings is 1. The van der Waals surface area contributed by atoms with Crippen molar-refractivity contribution in [2.45, 2.75) is 58.5 Å². The van der Waals surface area contributed by atoms with Gasteiger partial charge < -0.3 is 24.7 Å². The number of hydrogen-bond donors (Lipinski definition) is 2. The molecule has 0 bridgehead atoms. The number of rotatable bonds is 3. The van der Waals surface area contributed by atoms with Crippen LogP contribution in [0.3, 0.4) is 0 Å². The Hall–Kier alpha value is -4.08. The van der Waals surface area contributed by atoms with Crippen LogP contribution in [0, 0.1) is 12.3 Å². The van der Waals surface area contributed by atoms with Crippen LogP contribution >= 0.6 is 0 Å². The predicted octanol–water partition coefficient (Wildman–Crippen LogP) is 3.55. The normalized spacial score (nSPS) is 20.1. The molecule has 0 unspecified atom stereocenters. The molecule has 0 radical (unpaired) electrons. The number of furan rings is 1. The van der Waals surface area contributed by atoms with E-state index in [2.05, 4.69) is 15.7 Å². The minimum Gasteiger partial charge on any atom is -0.491 e. The Labute approximate surface area is 234 Å². The van der Waals surface area contributed by atoms with Crippen molar-refractivity contribution >= 4 is 17.7 Å². The molecule has 2 aliphatic heterocycles. The van der Waals surface area contributed by atoms with Gasteiger partial charge in [0.2, 0.25) is 5.91 Å². The average Bonchev–Trinajstić information content (AvgIpc) is 3.60.